The van der Waals surface area contributed by atoms with E-state index in [9.17, 15) is 0 Å². The number of benzene rings is 2. The van der Waals surface area contributed by atoms with Gasteiger partial charge in [0.25, 0.3) is 0 Å². The van der Waals surface area contributed by atoms with E-state index in [-0.39, 0.29) is 0 Å². The van der Waals surface area contributed by atoms with E-state index in [1.807, 2.05) is 36.4 Å². The van der Waals surface area contributed by atoms with E-state index < -0.39 is 0 Å². The predicted octanol–water partition coefficient (Wildman–Crippen LogP) is 4.50. The summed E-state index contributed by atoms with van der Waals surface area (Å²) in [5.41, 5.74) is 2.19. The number of methoxy groups -OCH3 is 1. The molecule has 2 aromatic rings. The number of nitrogens with zero attached hydrogens (tertiary/aromatic N) is 1. The van der Waals surface area contributed by atoms with Crippen LogP contribution < -0.4 is 14.8 Å². The molecule has 146 valence electrons. The third-order valence-corrected chi connectivity index (χ3v) is 5.43. The van der Waals surface area contributed by atoms with Gasteiger partial charge in [0, 0.05) is 29.7 Å². The summed E-state index contributed by atoms with van der Waals surface area (Å²) in [4.78, 5) is 2.55. The van der Waals surface area contributed by atoms with Crippen LogP contribution >= 0.6 is 11.6 Å². The largest absolute Gasteiger partial charge is 0.493 e. The zero-order valence-electron chi connectivity index (χ0n) is 16.2. The highest BCUT2D eigenvalue weighted by molar-refractivity contribution is 6.30. The number of halogens is 1. The van der Waals surface area contributed by atoms with Crippen LogP contribution in [0.25, 0.3) is 0 Å². The molecule has 1 fully saturated rings. The van der Waals surface area contributed by atoms with E-state index in [0.717, 1.165) is 47.3 Å². The van der Waals surface area contributed by atoms with Gasteiger partial charge in [0.15, 0.2) is 11.5 Å². The Balaban J connectivity index is 1.63. The first-order chi connectivity index (χ1) is 13.2. The highest BCUT2D eigenvalue weighted by Crippen LogP contribution is 2.32. The fraction of sp³-hybridized carbons (Fsp3) is 0.455. The highest BCUT2D eigenvalue weighted by atomic mass is 35.5. The molecular weight excluding hydrogens is 360 g/mol. The van der Waals surface area contributed by atoms with Gasteiger partial charge in [-0.05, 0) is 49.7 Å². The lowest BCUT2D eigenvalue weighted by molar-refractivity contribution is 0.258. The Hall–Kier alpha value is -1.75. The molecule has 1 aliphatic rings. The summed E-state index contributed by atoms with van der Waals surface area (Å²) in [5.74, 6) is 1.57. The zero-order valence-corrected chi connectivity index (χ0v) is 17.0. The van der Waals surface area contributed by atoms with Gasteiger partial charge in [0.2, 0.25) is 0 Å². The number of nitrogens with one attached hydrogen (secondary N) is 1. The van der Waals surface area contributed by atoms with Crippen molar-refractivity contribution < 1.29 is 9.47 Å². The topological polar surface area (TPSA) is 33.7 Å². The molecule has 1 aliphatic heterocycles. The van der Waals surface area contributed by atoms with E-state index in [4.69, 9.17) is 21.1 Å². The van der Waals surface area contributed by atoms with Crippen LogP contribution in [0.1, 0.15) is 30.9 Å². The van der Waals surface area contributed by atoms with Crippen LogP contribution in [-0.2, 0) is 13.2 Å². The van der Waals surface area contributed by atoms with E-state index in [0.29, 0.717) is 12.6 Å². The molecule has 3 rings (SSSR count). The quantitative estimate of drug-likeness (QED) is 0.685. The maximum Gasteiger partial charge on any atom is 0.166 e. The van der Waals surface area contributed by atoms with Crippen LogP contribution in [0.2, 0.25) is 5.02 Å². The molecule has 0 amide bonds. The maximum absolute atomic E-state index is 6.13. The lowest BCUT2D eigenvalue weighted by Crippen LogP contribution is -2.37. The van der Waals surface area contributed by atoms with Crippen molar-refractivity contribution in [3.8, 4) is 11.5 Å². The van der Waals surface area contributed by atoms with Gasteiger partial charge in [-0.1, -0.05) is 42.8 Å². The molecule has 2 aromatic carbocycles. The SMILES string of the molecule is CCN1CCC[C@H]1CNCc1cccc(OC)c1OCc1ccc(Cl)cc1. The van der Waals surface area contributed by atoms with Crippen molar-refractivity contribution in [3.05, 3.63) is 58.6 Å². The second kappa shape index (κ2) is 9.98. The second-order valence-corrected chi connectivity index (χ2v) is 7.36. The summed E-state index contributed by atoms with van der Waals surface area (Å²) in [6.45, 7) is 6.83. The molecule has 4 nitrogen and oxygen atoms in total. The van der Waals surface area contributed by atoms with E-state index in [1.54, 1.807) is 7.11 Å². The van der Waals surface area contributed by atoms with Gasteiger partial charge in [-0.2, -0.15) is 0 Å². The van der Waals surface area contributed by atoms with Crippen molar-refractivity contribution >= 4 is 11.6 Å². The molecule has 1 atom stereocenters. The summed E-state index contributed by atoms with van der Waals surface area (Å²) < 4.78 is 11.7. The summed E-state index contributed by atoms with van der Waals surface area (Å²) in [6, 6.07) is 14.4. The average molecular weight is 389 g/mol. The molecule has 1 N–H and O–H groups in total. The minimum Gasteiger partial charge on any atom is -0.493 e. The number of likely N-dealkylation sites (N-methyl/N-ethyl adjacent to an activating group) is 1. The molecule has 0 aliphatic carbocycles. The monoisotopic (exact) mass is 388 g/mol. The van der Waals surface area contributed by atoms with Gasteiger partial charge in [-0.25, -0.2) is 0 Å². The Kier molecular flexibility index (Phi) is 7.39. The van der Waals surface area contributed by atoms with Crippen molar-refractivity contribution in [1.82, 2.24) is 10.2 Å². The standard InChI is InChI=1S/C22H29ClN2O2/c1-3-25-13-5-7-20(25)15-24-14-18-6-4-8-21(26-2)22(18)27-16-17-9-11-19(23)12-10-17/h4,6,8-12,20,24H,3,5,7,13-16H2,1-2H3/t20-/m0/s1. The normalized spacial score (nSPS) is 17.2. The number of hydrogen-bond donors (Lipinski definition) is 1. The van der Waals surface area contributed by atoms with Gasteiger partial charge in [0.05, 0.1) is 7.11 Å². The van der Waals surface area contributed by atoms with Crippen LogP contribution in [0.3, 0.4) is 0 Å². The van der Waals surface area contributed by atoms with Crippen LogP contribution in [0.15, 0.2) is 42.5 Å². The van der Waals surface area contributed by atoms with Crippen molar-refractivity contribution in [3.63, 3.8) is 0 Å². The third kappa shape index (κ3) is 5.38. The average Bonchev–Trinajstić information content (AvgIpc) is 3.15. The van der Waals surface area contributed by atoms with Gasteiger partial charge in [-0.15, -0.1) is 0 Å². The molecule has 0 saturated carbocycles. The summed E-state index contributed by atoms with van der Waals surface area (Å²) in [5, 5.41) is 4.34. The van der Waals surface area contributed by atoms with E-state index in [1.165, 1.54) is 19.4 Å². The lowest BCUT2D eigenvalue weighted by Gasteiger charge is -2.23. The van der Waals surface area contributed by atoms with Crippen LogP contribution in [0.4, 0.5) is 0 Å². The molecule has 1 heterocycles. The molecule has 0 aromatic heterocycles. The Morgan fingerprint density at radius 3 is 2.74 bits per heavy atom. The summed E-state index contributed by atoms with van der Waals surface area (Å²) >= 11 is 5.96. The molecule has 1 saturated heterocycles. The Labute approximate surface area is 167 Å². The Morgan fingerprint density at radius 2 is 2.00 bits per heavy atom. The van der Waals surface area contributed by atoms with Gasteiger partial charge < -0.3 is 14.8 Å². The van der Waals surface area contributed by atoms with Crippen LogP contribution in [0.5, 0.6) is 11.5 Å². The zero-order chi connectivity index (χ0) is 19.1. The van der Waals surface area contributed by atoms with Gasteiger partial charge in [0.1, 0.15) is 6.61 Å². The number of rotatable bonds is 9. The summed E-state index contributed by atoms with van der Waals surface area (Å²) in [7, 11) is 1.68. The number of ether oxygens (including phenoxy) is 2. The van der Waals surface area contributed by atoms with Gasteiger partial charge >= 0.3 is 0 Å². The Bertz CT molecular complexity index is 721. The van der Waals surface area contributed by atoms with E-state index >= 15 is 0 Å². The minimum atomic E-state index is 0.483. The first-order valence-electron chi connectivity index (χ1n) is 9.69. The maximum atomic E-state index is 6.13. The molecule has 5 heteroatoms. The first kappa shape index (κ1) is 20.0. The molecule has 0 spiro atoms. The number of para-hydroxylation sites is 1. The Morgan fingerprint density at radius 1 is 1.19 bits per heavy atom. The van der Waals surface area contributed by atoms with Crippen molar-refractivity contribution in [2.75, 3.05) is 26.7 Å². The smallest absolute Gasteiger partial charge is 0.166 e. The number of hydrogen-bond acceptors (Lipinski definition) is 4. The van der Waals surface area contributed by atoms with Crippen molar-refractivity contribution in [1.29, 1.82) is 0 Å². The fourth-order valence-electron chi connectivity index (χ4n) is 3.68. The fourth-order valence-corrected chi connectivity index (χ4v) is 3.80. The van der Waals surface area contributed by atoms with Crippen LogP contribution in [-0.4, -0.2) is 37.7 Å². The first-order valence-corrected chi connectivity index (χ1v) is 10.1. The van der Waals surface area contributed by atoms with Crippen molar-refractivity contribution in [2.45, 2.75) is 39.0 Å². The predicted molar refractivity (Wildman–Crippen MR) is 111 cm³/mol. The minimum absolute atomic E-state index is 0.483. The lowest BCUT2D eigenvalue weighted by atomic mass is 10.1. The van der Waals surface area contributed by atoms with Crippen LogP contribution in [0, 0.1) is 0 Å². The molecular formula is C22H29ClN2O2. The molecule has 0 bridgehead atoms. The third-order valence-electron chi connectivity index (χ3n) is 5.18. The summed E-state index contributed by atoms with van der Waals surface area (Å²) in [6.07, 6.45) is 2.58. The van der Waals surface area contributed by atoms with E-state index in [2.05, 4.69) is 23.2 Å². The molecule has 27 heavy (non-hydrogen) atoms. The second-order valence-electron chi connectivity index (χ2n) is 6.92. The molecule has 0 unspecified atom stereocenters. The molecule has 0 radical (unpaired) electrons. The van der Waals surface area contributed by atoms with Crippen molar-refractivity contribution in [2.24, 2.45) is 0 Å². The number of likely N-dealkylation sites (tertiary alicyclic amines) is 1. The van der Waals surface area contributed by atoms with Gasteiger partial charge in [-0.3, -0.25) is 4.90 Å². The highest BCUT2D eigenvalue weighted by Gasteiger charge is 2.22.